The van der Waals surface area contributed by atoms with Crippen LogP contribution in [0.25, 0.3) is 0 Å². The Morgan fingerprint density at radius 2 is 1.81 bits per heavy atom. The molecule has 8 heteroatoms. The number of carbonyl (C=O) groups excluding carboxylic acids is 3. The first-order valence-corrected chi connectivity index (χ1v) is 10.6. The summed E-state index contributed by atoms with van der Waals surface area (Å²) < 4.78 is 0. The van der Waals surface area contributed by atoms with Gasteiger partial charge in [0.2, 0.25) is 5.91 Å². The van der Waals surface area contributed by atoms with Crippen molar-refractivity contribution in [2.75, 3.05) is 56.9 Å². The van der Waals surface area contributed by atoms with Crippen LogP contribution in [0.5, 0.6) is 0 Å². The van der Waals surface area contributed by atoms with E-state index in [-0.39, 0.29) is 17.7 Å². The summed E-state index contributed by atoms with van der Waals surface area (Å²) in [4.78, 5) is 42.8. The van der Waals surface area contributed by atoms with Crippen LogP contribution in [-0.2, 0) is 9.59 Å². The van der Waals surface area contributed by atoms with Crippen molar-refractivity contribution in [3.63, 3.8) is 0 Å². The van der Waals surface area contributed by atoms with E-state index in [1.165, 1.54) is 16.7 Å². The van der Waals surface area contributed by atoms with Gasteiger partial charge in [0.25, 0.3) is 11.8 Å². The fraction of sp³-hybridized carbons (Fsp3) is 0.526. The molecular weight excluding hydrogens is 364 g/mol. The van der Waals surface area contributed by atoms with Gasteiger partial charge in [-0.1, -0.05) is 0 Å². The van der Waals surface area contributed by atoms with Gasteiger partial charge >= 0.3 is 0 Å². The number of hydrogen-bond donors (Lipinski definition) is 2. The van der Waals surface area contributed by atoms with Gasteiger partial charge in [0.1, 0.15) is 0 Å². The van der Waals surface area contributed by atoms with Crippen molar-refractivity contribution < 1.29 is 19.3 Å². The molecule has 1 aromatic rings. The molecule has 1 aromatic carbocycles. The zero-order valence-corrected chi connectivity index (χ0v) is 16.1. The summed E-state index contributed by atoms with van der Waals surface area (Å²) in [7, 11) is 0. The van der Waals surface area contributed by atoms with E-state index in [9.17, 15) is 14.4 Å². The Morgan fingerprint density at radius 3 is 2.56 bits per heavy atom. The number of benzene rings is 1. The van der Waals surface area contributed by atoms with Crippen LogP contribution in [0, 0.1) is 0 Å². The molecule has 0 radical (unpaired) electrons. The summed E-state index contributed by atoms with van der Waals surface area (Å²) in [5, 5.41) is 2.84. The minimum Gasteiger partial charge on any atom is -0.338 e. The molecule has 0 atom stereocenters. The SMILES string of the molecule is O=C1CSc2ccc(C(=O)N3CC[NH+](CC(=O)N4CCCC4)CC3)cc2N1. The number of nitrogens with one attached hydrogen (secondary N) is 2. The number of fused-ring (bicyclic) bond motifs is 1. The van der Waals surface area contributed by atoms with E-state index in [4.69, 9.17) is 0 Å². The Balaban J connectivity index is 1.33. The lowest BCUT2D eigenvalue weighted by Crippen LogP contribution is -3.15. The minimum atomic E-state index is -0.0306. The molecule has 2 fully saturated rings. The van der Waals surface area contributed by atoms with Crippen LogP contribution in [-0.4, -0.2) is 79.1 Å². The van der Waals surface area contributed by atoms with Crippen LogP contribution in [0.4, 0.5) is 5.69 Å². The molecule has 3 aliphatic heterocycles. The van der Waals surface area contributed by atoms with Gasteiger partial charge in [-0.05, 0) is 31.0 Å². The average Bonchev–Trinajstić information content (AvgIpc) is 3.22. The molecule has 3 amide bonds. The van der Waals surface area contributed by atoms with E-state index in [1.54, 1.807) is 6.07 Å². The molecule has 0 aromatic heterocycles. The number of likely N-dealkylation sites (tertiary alicyclic amines) is 1. The summed E-state index contributed by atoms with van der Waals surface area (Å²) in [6.07, 6.45) is 2.23. The normalized spacial score (nSPS) is 20.4. The largest absolute Gasteiger partial charge is 0.338 e. The fourth-order valence-electron chi connectivity index (χ4n) is 3.89. The van der Waals surface area contributed by atoms with Crippen LogP contribution in [0.2, 0.25) is 0 Å². The van der Waals surface area contributed by atoms with Crippen molar-refractivity contribution in [1.29, 1.82) is 0 Å². The Labute approximate surface area is 163 Å². The Kier molecular flexibility index (Phi) is 5.36. The molecule has 2 N–H and O–H groups in total. The average molecular weight is 390 g/mol. The lowest BCUT2D eigenvalue weighted by atomic mass is 10.1. The Bertz CT molecular complexity index is 755. The van der Waals surface area contributed by atoms with Gasteiger partial charge in [-0.15, -0.1) is 11.8 Å². The lowest BCUT2D eigenvalue weighted by molar-refractivity contribution is -0.896. The molecule has 0 aliphatic carbocycles. The first-order chi connectivity index (χ1) is 13.1. The standard InChI is InChI=1S/C19H24N4O3S/c24-17-13-27-16-4-3-14(11-15(16)20-17)19(26)23-9-7-21(8-10-23)12-18(25)22-5-1-2-6-22/h3-4,11H,1-2,5-10,12-13H2,(H,20,24)/p+1. The summed E-state index contributed by atoms with van der Waals surface area (Å²) in [5.74, 6) is 0.621. The number of carbonyl (C=O) groups is 3. The van der Waals surface area contributed by atoms with Crippen LogP contribution < -0.4 is 10.2 Å². The van der Waals surface area contributed by atoms with Gasteiger partial charge in [-0.2, -0.15) is 0 Å². The second kappa shape index (κ2) is 7.90. The van der Waals surface area contributed by atoms with E-state index < -0.39 is 0 Å². The maximum absolute atomic E-state index is 12.8. The number of thioether (sulfide) groups is 1. The smallest absolute Gasteiger partial charge is 0.277 e. The van der Waals surface area contributed by atoms with Crippen molar-refractivity contribution >= 4 is 35.2 Å². The minimum absolute atomic E-state index is 0.00691. The third kappa shape index (κ3) is 4.11. The second-order valence-corrected chi connectivity index (χ2v) is 8.37. The summed E-state index contributed by atoms with van der Waals surface area (Å²) in [6.45, 7) is 5.21. The molecule has 7 nitrogen and oxygen atoms in total. The maximum Gasteiger partial charge on any atom is 0.277 e. The molecule has 4 rings (SSSR count). The number of piperazine rings is 1. The number of hydrogen-bond acceptors (Lipinski definition) is 4. The highest BCUT2D eigenvalue weighted by Crippen LogP contribution is 2.32. The molecule has 144 valence electrons. The summed E-state index contributed by atoms with van der Waals surface area (Å²) >= 11 is 1.49. The van der Waals surface area contributed by atoms with E-state index in [2.05, 4.69) is 5.32 Å². The highest BCUT2D eigenvalue weighted by atomic mass is 32.2. The molecule has 0 bridgehead atoms. The zero-order valence-electron chi connectivity index (χ0n) is 15.3. The first kappa shape index (κ1) is 18.3. The van der Waals surface area contributed by atoms with Crippen LogP contribution >= 0.6 is 11.8 Å². The Hall–Kier alpha value is -2.06. The van der Waals surface area contributed by atoms with Crippen LogP contribution in [0.3, 0.4) is 0 Å². The van der Waals surface area contributed by atoms with Crippen molar-refractivity contribution in [3.05, 3.63) is 23.8 Å². The highest BCUT2D eigenvalue weighted by Gasteiger charge is 2.28. The molecule has 2 saturated heterocycles. The van der Waals surface area contributed by atoms with Gasteiger partial charge in [-0.3, -0.25) is 14.4 Å². The number of nitrogens with zero attached hydrogens (tertiary/aromatic N) is 2. The fourth-order valence-corrected chi connectivity index (χ4v) is 4.68. The van der Waals surface area contributed by atoms with Gasteiger partial charge in [-0.25, -0.2) is 0 Å². The lowest BCUT2D eigenvalue weighted by Gasteiger charge is -2.32. The highest BCUT2D eigenvalue weighted by molar-refractivity contribution is 8.00. The summed E-state index contributed by atoms with van der Waals surface area (Å²) in [5.41, 5.74) is 1.33. The maximum atomic E-state index is 12.8. The van der Waals surface area contributed by atoms with Crippen molar-refractivity contribution in [2.45, 2.75) is 17.7 Å². The summed E-state index contributed by atoms with van der Waals surface area (Å²) in [6, 6.07) is 5.52. The number of amides is 3. The monoisotopic (exact) mass is 389 g/mol. The van der Waals surface area contributed by atoms with Gasteiger partial charge < -0.3 is 20.0 Å². The quantitative estimate of drug-likeness (QED) is 0.744. The zero-order chi connectivity index (χ0) is 18.8. The molecule has 0 saturated carbocycles. The van der Waals surface area contributed by atoms with Gasteiger partial charge in [0, 0.05) is 23.5 Å². The van der Waals surface area contributed by atoms with E-state index in [1.807, 2.05) is 21.9 Å². The first-order valence-electron chi connectivity index (χ1n) is 9.57. The van der Waals surface area contributed by atoms with Gasteiger partial charge in [0.15, 0.2) is 6.54 Å². The third-order valence-corrected chi connectivity index (χ3v) is 6.55. The second-order valence-electron chi connectivity index (χ2n) is 7.35. The molecule has 3 aliphatic rings. The number of quaternary nitrogens is 1. The van der Waals surface area contributed by atoms with Crippen molar-refractivity contribution in [2.24, 2.45) is 0 Å². The predicted molar refractivity (Wildman–Crippen MR) is 103 cm³/mol. The molecule has 27 heavy (non-hydrogen) atoms. The predicted octanol–water partition coefficient (Wildman–Crippen LogP) is -0.306. The Morgan fingerprint density at radius 1 is 1.07 bits per heavy atom. The molecular formula is C19H25N4O3S+. The van der Waals surface area contributed by atoms with Gasteiger partial charge in [0.05, 0.1) is 37.6 Å². The van der Waals surface area contributed by atoms with Crippen molar-refractivity contribution in [1.82, 2.24) is 9.80 Å². The van der Waals surface area contributed by atoms with Crippen LogP contribution in [0.1, 0.15) is 23.2 Å². The number of anilines is 1. The molecule has 3 heterocycles. The van der Waals surface area contributed by atoms with E-state index >= 15 is 0 Å². The van der Waals surface area contributed by atoms with E-state index in [0.717, 1.165) is 49.6 Å². The topological polar surface area (TPSA) is 74.2 Å². The molecule has 0 spiro atoms. The van der Waals surface area contributed by atoms with E-state index in [0.29, 0.717) is 31.0 Å². The van der Waals surface area contributed by atoms with Crippen LogP contribution in [0.15, 0.2) is 23.1 Å². The third-order valence-electron chi connectivity index (χ3n) is 5.48. The number of rotatable bonds is 3. The molecule has 0 unspecified atom stereocenters. The van der Waals surface area contributed by atoms with Crippen molar-refractivity contribution in [3.8, 4) is 0 Å².